The number of hydrogen-bond acceptors (Lipinski definition) is 3. The van der Waals surface area contributed by atoms with Gasteiger partial charge in [-0.2, -0.15) is 5.10 Å². The maximum Gasteiger partial charge on any atom is 0.189 e. The van der Waals surface area contributed by atoms with Crippen molar-refractivity contribution in [2.24, 2.45) is 7.05 Å². The van der Waals surface area contributed by atoms with Crippen molar-refractivity contribution in [2.75, 3.05) is 0 Å². The zero-order valence-electron chi connectivity index (χ0n) is 11.9. The smallest absolute Gasteiger partial charge is 0.189 e. The molecule has 104 valence electrons. The van der Waals surface area contributed by atoms with Gasteiger partial charge in [0.1, 0.15) is 5.75 Å². The van der Waals surface area contributed by atoms with E-state index in [4.69, 9.17) is 4.74 Å². The Bertz CT molecular complexity index is 627. The van der Waals surface area contributed by atoms with E-state index < -0.39 is 0 Å². The highest BCUT2D eigenvalue weighted by Gasteiger charge is 2.04. The molecule has 0 spiro atoms. The predicted octanol–water partition coefficient (Wildman–Crippen LogP) is 3.10. The van der Waals surface area contributed by atoms with Crippen molar-refractivity contribution in [3.8, 4) is 5.75 Å². The van der Waals surface area contributed by atoms with E-state index in [1.165, 1.54) is 0 Å². The van der Waals surface area contributed by atoms with Crippen LogP contribution in [0.2, 0.25) is 0 Å². The van der Waals surface area contributed by atoms with E-state index in [9.17, 15) is 4.79 Å². The molecule has 0 aliphatic rings. The van der Waals surface area contributed by atoms with Gasteiger partial charge < -0.3 is 4.74 Å². The fraction of sp³-hybridized carbons (Fsp3) is 0.250. The highest BCUT2D eigenvalue weighted by molar-refractivity contribution is 6.06. The summed E-state index contributed by atoms with van der Waals surface area (Å²) in [4.78, 5) is 11.9. The lowest BCUT2D eigenvalue weighted by Gasteiger charge is -2.09. The predicted molar refractivity (Wildman–Crippen MR) is 78.8 cm³/mol. The highest BCUT2D eigenvalue weighted by atomic mass is 16.5. The SMILES string of the molecule is CC(C)Oc1cccc(C=CC(=O)c2cnn(C)c2)c1. The zero-order chi connectivity index (χ0) is 14.5. The van der Waals surface area contributed by atoms with Gasteiger partial charge in [0.2, 0.25) is 0 Å². The van der Waals surface area contributed by atoms with Crippen molar-refractivity contribution in [2.45, 2.75) is 20.0 Å². The zero-order valence-corrected chi connectivity index (χ0v) is 11.9. The van der Waals surface area contributed by atoms with E-state index >= 15 is 0 Å². The molecule has 0 fully saturated rings. The topological polar surface area (TPSA) is 44.1 Å². The molecule has 4 nitrogen and oxygen atoms in total. The first-order valence-electron chi connectivity index (χ1n) is 6.52. The maximum atomic E-state index is 11.9. The van der Waals surface area contributed by atoms with E-state index in [1.807, 2.05) is 38.1 Å². The minimum absolute atomic E-state index is 0.0618. The first-order chi connectivity index (χ1) is 9.54. The van der Waals surface area contributed by atoms with Gasteiger partial charge in [0.15, 0.2) is 5.78 Å². The summed E-state index contributed by atoms with van der Waals surface area (Å²) in [5.41, 5.74) is 1.51. The number of carbonyl (C=O) groups excluding carboxylic acids is 1. The maximum absolute atomic E-state index is 11.9. The van der Waals surface area contributed by atoms with Gasteiger partial charge in [0, 0.05) is 13.2 Å². The van der Waals surface area contributed by atoms with Crippen LogP contribution in [0.4, 0.5) is 0 Å². The Morgan fingerprint density at radius 3 is 2.85 bits per heavy atom. The number of hydrogen-bond donors (Lipinski definition) is 0. The average Bonchev–Trinajstić information content (AvgIpc) is 2.82. The van der Waals surface area contributed by atoms with Crippen molar-refractivity contribution in [3.63, 3.8) is 0 Å². The number of allylic oxidation sites excluding steroid dienone is 1. The van der Waals surface area contributed by atoms with Crippen LogP contribution in [0.25, 0.3) is 6.08 Å². The van der Waals surface area contributed by atoms with Gasteiger partial charge in [-0.3, -0.25) is 9.48 Å². The monoisotopic (exact) mass is 270 g/mol. The van der Waals surface area contributed by atoms with Gasteiger partial charge in [0.25, 0.3) is 0 Å². The van der Waals surface area contributed by atoms with Crippen LogP contribution in [0.1, 0.15) is 29.8 Å². The summed E-state index contributed by atoms with van der Waals surface area (Å²) in [7, 11) is 1.78. The molecule has 0 unspecified atom stereocenters. The second-order valence-corrected chi connectivity index (χ2v) is 4.84. The number of aromatic nitrogens is 2. The van der Waals surface area contributed by atoms with Crippen LogP contribution in [0.15, 0.2) is 42.7 Å². The summed E-state index contributed by atoms with van der Waals surface area (Å²) in [6.45, 7) is 3.96. The summed E-state index contributed by atoms with van der Waals surface area (Å²) in [6, 6.07) is 7.65. The lowest BCUT2D eigenvalue weighted by molar-refractivity contribution is 0.104. The Labute approximate surface area is 118 Å². The largest absolute Gasteiger partial charge is 0.491 e. The normalized spacial score (nSPS) is 11.2. The molecule has 0 N–H and O–H groups in total. The van der Waals surface area contributed by atoms with Crippen LogP contribution in [0.3, 0.4) is 0 Å². The van der Waals surface area contributed by atoms with Gasteiger partial charge >= 0.3 is 0 Å². The highest BCUT2D eigenvalue weighted by Crippen LogP contribution is 2.16. The molecule has 0 atom stereocenters. The van der Waals surface area contributed by atoms with Gasteiger partial charge in [-0.1, -0.05) is 18.2 Å². The molecule has 1 heterocycles. The molecule has 0 saturated carbocycles. The molecule has 1 aromatic carbocycles. The number of benzene rings is 1. The molecule has 4 heteroatoms. The second-order valence-electron chi connectivity index (χ2n) is 4.84. The lowest BCUT2D eigenvalue weighted by Crippen LogP contribution is -2.05. The van der Waals surface area contributed by atoms with Crippen molar-refractivity contribution in [1.82, 2.24) is 9.78 Å². The summed E-state index contributed by atoms with van der Waals surface area (Å²) in [6.07, 6.45) is 6.72. The van der Waals surface area contributed by atoms with E-state index in [2.05, 4.69) is 5.10 Å². The van der Waals surface area contributed by atoms with Crippen molar-refractivity contribution in [3.05, 3.63) is 53.9 Å². The first-order valence-corrected chi connectivity index (χ1v) is 6.52. The molecule has 0 amide bonds. The van der Waals surface area contributed by atoms with Crippen molar-refractivity contribution >= 4 is 11.9 Å². The number of ketones is 1. The summed E-state index contributed by atoms with van der Waals surface area (Å²) < 4.78 is 7.23. The Kier molecular flexibility index (Phi) is 4.35. The molecule has 0 aliphatic carbocycles. The van der Waals surface area contributed by atoms with E-state index in [0.717, 1.165) is 11.3 Å². The van der Waals surface area contributed by atoms with Crippen LogP contribution < -0.4 is 4.74 Å². The van der Waals surface area contributed by atoms with E-state index in [-0.39, 0.29) is 11.9 Å². The van der Waals surface area contributed by atoms with Crippen molar-refractivity contribution < 1.29 is 9.53 Å². The lowest BCUT2D eigenvalue weighted by atomic mass is 10.1. The molecule has 1 aromatic heterocycles. The number of nitrogens with zero attached hydrogens (tertiary/aromatic N) is 2. The Morgan fingerprint density at radius 2 is 2.20 bits per heavy atom. The third-order valence-electron chi connectivity index (χ3n) is 2.65. The molecular weight excluding hydrogens is 252 g/mol. The molecule has 0 aliphatic heterocycles. The summed E-state index contributed by atoms with van der Waals surface area (Å²) >= 11 is 0. The Hall–Kier alpha value is -2.36. The number of ether oxygens (including phenoxy) is 1. The molecule has 0 bridgehead atoms. The Morgan fingerprint density at radius 1 is 1.40 bits per heavy atom. The van der Waals surface area contributed by atoms with Gasteiger partial charge in [0.05, 0.1) is 17.9 Å². The van der Waals surface area contributed by atoms with E-state index in [0.29, 0.717) is 5.56 Å². The number of aryl methyl sites for hydroxylation is 1. The van der Waals surface area contributed by atoms with Crippen LogP contribution in [-0.2, 0) is 7.05 Å². The minimum atomic E-state index is -0.0618. The fourth-order valence-corrected chi connectivity index (χ4v) is 1.78. The number of rotatable bonds is 5. The van der Waals surface area contributed by atoms with Gasteiger partial charge in [-0.05, 0) is 37.6 Å². The Balaban J connectivity index is 2.09. The van der Waals surface area contributed by atoms with E-state index in [1.54, 1.807) is 36.3 Å². The second kappa shape index (κ2) is 6.19. The quantitative estimate of drug-likeness (QED) is 0.619. The molecule has 0 radical (unpaired) electrons. The average molecular weight is 270 g/mol. The van der Waals surface area contributed by atoms with Crippen LogP contribution in [0, 0.1) is 0 Å². The minimum Gasteiger partial charge on any atom is -0.491 e. The fourth-order valence-electron chi connectivity index (χ4n) is 1.78. The third kappa shape index (κ3) is 3.82. The molecule has 2 aromatic rings. The summed E-state index contributed by atoms with van der Waals surface area (Å²) in [5, 5.41) is 3.98. The summed E-state index contributed by atoms with van der Waals surface area (Å²) in [5.74, 6) is 0.740. The van der Waals surface area contributed by atoms with Crippen LogP contribution in [0.5, 0.6) is 5.75 Å². The van der Waals surface area contributed by atoms with Crippen LogP contribution >= 0.6 is 0 Å². The molecular formula is C16H18N2O2. The number of carbonyl (C=O) groups is 1. The van der Waals surface area contributed by atoms with Gasteiger partial charge in [-0.15, -0.1) is 0 Å². The van der Waals surface area contributed by atoms with Crippen LogP contribution in [-0.4, -0.2) is 21.7 Å². The molecule has 20 heavy (non-hydrogen) atoms. The third-order valence-corrected chi connectivity index (χ3v) is 2.65. The molecule has 2 rings (SSSR count). The standard InChI is InChI=1S/C16H18N2O2/c1-12(2)20-15-6-4-5-13(9-15)7-8-16(19)14-10-17-18(3)11-14/h4-12H,1-3H3. The first kappa shape index (κ1) is 14.1. The van der Waals surface area contributed by atoms with Crippen molar-refractivity contribution in [1.29, 1.82) is 0 Å². The van der Waals surface area contributed by atoms with Gasteiger partial charge in [-0.25, -0.2) is 0 Å². The molecule has 0 saturated heterocycles.